The fraction of sp³-hybridized carbons (Fsp3) is 0.200. The lowest BCUT2D eigenvalue weighted by molar-refractivity contribution is -0.0584. The molecule has 0 radical (unpaired) electrons. The molecule has 3 aromatic rings. The molecule has 0 bridgehead atoms. The summed E-state index contributed by atoms with van der Waals surface area (Å²) in [4.78, 5) is 54.4. The number of ether oxygens (including phenoxy) is 1. The minimum Gasteiger partial charge on any atom is -0.444 e. The molecule has 8 nitrogen and oxygen atoms in total. The first kappa shape index (κ1) is 22.0. The number of benzene rings is 3. The third-order valence-corrected chi connectivity index (χ3v) is 4.91. The molecule has 0 fully saturated rings. The van der Waals surface area contributed by atoms with Gasteiger partial charge in [-0.15, -0.1) is 0 Å². The maximum Gasteiger partial charge on any atom is 0.407 e. The van der Waals surface area contributed by atoms with Gasteiger partial charge < -0.3 is 14.9 Å². The number of imide groups is 1. The molecular formula is C25H22N2O6. The largest absolute Gasteiger partial charge is 0.444 e. The van der Waals surface area contributed by atoms with Crippen molar-refractivity contribution in [3.05, 3.63) is 82.9 Å². The van der Waals surface area contributed by atoms with Gasteiger partial charge in [-0.25, -0.2) is 9.59 Å². The van der Waals surface area contributed by atoms with Gasteiger partial charge in [-0.1, -0.05) is 35.4 Å². The van der Waals surface area contributed by atoms with Crippen molar-refractivity contribution in [2.75, 3.05) is 0 Å². The Kier molecular flexibility index (Phi) is 5.59. The molecule has 0 aliphatic carbocycles. The number of nitrogens with zero attached hydrogens (tertiary/aromatic N) is 1. The van der Waals surface area contributed by atoms with Gasteiger partial charge in [0.25, 0.3) is 11.8 Å². The zero-order valence-corrected chi connectivity index (χ0v) is 18.4. The summed E-state index contributed by atoms with van der Waals surface area (Å²) in [7, 11) is 0. The molecule has 0 saturated heterocycles. The highest BCUT2D eigenvalue weighted by Crippen LogP contribution is 2.24. The average molecular weight is 446 g/mol. The maximum atomic E-state index is 12.6. The van der Waals surface area contributed by atoms with Gasteiger partial charge in [0.1, 0.15) is 5.60 Å². The van der Waals surface area contributed by atoms with Gasteiger partial charge in [-0.2, -0.15) is 0 Å². The molecule has 3 amide bonds. The third-order valence-electron chi connectivity index (χ3n) is 4.91. The fourth-order valence-electron chi connectivity index (χ4n) is 3.41. The van der Waals surface area contributed by atoms with E-state index in [2.05, 4.69) is 5.32 Å². The Hall–Kier alpha value is -4.20. The highest BCUT2D eigenvalue weighted by atomic mass is 16.7. The van der Waals surface area contributed by atoms with Crippen LogP contribution in [0.2, 0.25) is 0 Å². The lowest BCUT2D eigenvalue weighted by atomic mass is 10.0. The Morgan fingerprint density at radius 2 is 1.48 bits per heavy atom. The van der Waals surface area contributed by atoms with Crippen LogP contribution in [0, 0.1) is 0 Å². The van der Waals surface area contributed by atoms with Gasteiger partial charge in [0.2, 0.25) is 0 Å². The quantitative estimate of drug-likeness (QED) is 0.602. The highest BCUT2D eigenvalue weighted by Gasteiger charge is 2.38. The number of amides is 3. The van der Waals surface area contributed by atoms with Crippen LogP contribution in [0.15, 0.2) is 60.7 Å². The van der Waals surface area contributed by atoms with E-state index >= 15 is 0 Å². The van der Waals surface area contributed by atoms with E-state index in [9.17, 15) is 19.2 Å². The number of alkyl carbamates (subject to hydrolysis) is 1. The second-order valence-corrected chi connectivity index (χ2v) is 8.58. The van der Waals surface area contributed by atoms with Gasteiger partial charge in [-0.05, 0) is 67.4 Å². The van der Waals surface area contributed by atoms with E-state index < -0.39 is 29.5 Å². The molecule has 33 heavy (non-hydrogen) atoms. The van der Waals surface area contributed by atoms with Crippen molar-refractivity contribution in [1.82, 2.24) is 10.4 Å². The average Bonchev–Trinajstić information content (AvgIpc) is 3.01. The molecule has 1 aliphatic heterocycles. The molecule has 0 saturated carbocycles. The minimum absolute atomic E-state index is 0.193. The topological polar surface area (TPSA) is 102 Å². The normalized spacial score (nSPS) is 13.1. The first-order valence-electron chi connectivity index (χ1n) is 10.3. The number of hydrogen-bond donors (Lipinski definition) is 1. The monoisotopic (exact) mass is 446 g/mol. The zero-order chi connectivity index (χ0) is 23.8. The highest BCUT2D eigenvalue weighted by molar-refractivity contribution is 6.21. The van der Waals surface area contributed by atoms with Crippen LogP contribution in [-0.4, -0.2) is 34.5 Å². The second kappa shape index (κ2) is 8.38. The minimum atomic E-state index is -0.818. The van der Waals surface area contributed by atoms with E-state index in [4.69, 9.17) is 9.57 Å². The molecule has 0 spiro atoms. The molecule has 3 aromatic carbocycles. The van der Waals surface area contributed by atoms with Crippen LogP contribution in [0.4, 0.5) is 4.79 Å². The zero-order valence-electron chi connectivity index (χ0n) is 18.4. The molecule has 8 heteroatoms. The number of nitrogens with one attached hydrogen (secondary N) is 1. The first-order chi connectivity index (χ1) is 15.6. The number of hydrogen-bond acceptors (Lipinski definition) is 6. The molecule has 0 unspecified atom stereocenters. The summed E-state index contributed by atoms with van der Waals surface area (Å²) in [5, 5.41) is 4.79. The van der Waals surface area contributed by atoms with Crippen LogP contribution in [0.5, 0.6) is 0 Å². The predicted octanol–water partition coefficient (Wildman–Crippen LogP) is 4.23. The smallest absolute Gasteiger partial charge is 0.407 e. The van der Waals surface area contributed by atoms with Crippen molar-refractivity contribution in [3.8, 4) is 0 Å². The summed E-state index contributed by atoms with van der Waals surface area (Å²) in [5.41, 5.74) is 0.863. The van der Waals surface area contributed by atoms with Gasteiger partial charge in [0.15, 0.2) is 0 Å². The van der Waals surface area contributed by atoms with Gasteiger partial charge in [-0.3, -0.25) is 9.59 Å². The van der Waals surface area contributed by atoms with E-state index in [1.807, 2.05) is 12.1 Å². The van der Waals surface area contributed by atoms with Crippen LogP contribution in [0.25, 0.3) is 10.8 Å². The summed E-state index contributed by atoms with van der Waals surface area (Å²) in [6.45, 7) is 5.66. The summed E-state index contributed by atoms with van der Waals surface area (Å²) in [6.07, 6.45) is -0.506. The molecule has 168 valence electrons. The number of carbonyl (C=O) groups excluding carboxylic acids is 4. The lowest BCUT2D eigenvalue weighted by Crippen LogP contribution is -2.32. The van der Waals surface area contributed by atoms with E-state index in [0.717, 1.165) is 16.3 Å². The number of fused-ring (bicyclic) bond motifs is 2. The molecule has 0 atom stereocenters. The fourth-order valence-corrected chi connectivity index (χ4v) is 3.41. The van der Waals surface area contributed by atoms with Crippen LogP contribution in [0.1, 0.15) is 57.4 Å². The third kappa shape index (κ3) is 4.69. The summed E-state index contributed by atoms with van der Waals surface area (Å²) < 4.78 is 5.23. The summed E-state index contributed by atoms with van der Waals surface area (Å²) >= 11 is 0. The Labute approximate surface area is 190 Å². The molecule has 1 N–H and O–H groups in total. The van der Waals surface area contributed by atoms with Crippen LogP contribution in [0.3, 0.4) is 0 Å². The van der Waals surface area contributed by atoms with Crippen molar-refractivity contribution < 1.29 is 28.8 Å². The molecule has 1 aliphatic rings. The number of rotatable bonds is 4. The van der Waals surface area contributed by atoms with E-state index in [1.165, 1.54) is 12.1 Å². The van der Waals surface area contributed by atoms with Crippen LogP contribution >= 0.6 is 0 Å². The van der Waals surface area contributed by atoms with Gasteiger partial charge >= 0.3 is 12.1 Å². The molecular weight excluding hydrogens is 424 g/mol. The number of hydroxylamine groups is 2. The van der Waals surface area contributed by atoms with Crippen molar-refractivity contribution in [2.45, 2.75) is 32.9 Å². The number of carbonyl (C=O) groups is 4. The lowest BCUT2D eigenvalue weighted by Gasteiger charge is -2.19. The van der Waals surface area contributed by atoms with E-state index in [-0.39, 0.29) is 23.2 Å². The Morgan fingerprint density at radius 3 is 2.12 bits per heavy atom. The van der Waals surface area contributed by atoms with Crippen molar-refractivity contribution in [3.63, 3.8) is 0 Å². The second-order valence-electron chi connectivity index (χ2n) is 8.58. The van der Waals surface area contributed by atoms with Gasteiger partial charge in [0, 0.05) is 6.54 Å². The van der Waals surface area contributed by atoms with Crippen LogP contribution < -0.4 is 5.32 Å². The predicted molar refractivity (Wildman–Crippen MR) is 119 cm³/mol. The molecule has 4 rings (SSSR count). The van der Waals surface area contributed by atoms with Crippen molar-refractivity contribution >= 4 is 34.6 Å². The summed E-state index contributed by atoms with van der Waals surface area (Å²) in [5.74, 6) is -2.17. The van der Waals surface area contributed by atoms with Crippen molar-refractivity contribution in [2.24, 2.45) is 0 Å². The van der Waals surface area contributed by atoms with Gasteiger partial charge in [0.05, 0.1) is 16.7 Å². The van der Waals surface area contributed by atoms with Crippen LogP contribution in [-0.2, 0) is 16.1 Å². The van der Waals surface area contributed by atoms with Crippen molar-refractivity contribution in [1.29, 1.82) is 0 Å². The Morgan fingerprint density at radius 1 is 0.879 bits per heavy atom. The maximum absolute atomic E-state index is 12.6. The van der Waals surface area contributed by atoms with E-state index in [1.54, 1.807) is 57.2 Å². The standard InChI is InChI=1S/C25H22N2O6/c1-25(2,3)32-24(31)26-14-15-8-9-17-13-18(11-10-16(17)12-15)23(30)33-27-21(28)19-6-4-5-7-20(19)22(27)29/h4-13H,14H2,1-3H3,(H,26,31). The summed E-state index contributed by atoms with van der Waals surface area (Å²) in [6, 6.07) is 16.7. The Balaban J connectivity index is 1.45. The van der Waals surface area contributed by atoms with E-state index in [0.29, 0.717) is 5.06 Å². The first-order valence-corrected chi connectivity index (χ1v) is 10.3. The SMILES string of the molecule is CC(C)(C)OC(=O)NCc1ccc2cc(C(=O)ON3C(=O)c4ccccc4C3=O)ccc2c1. The molecule has 0 aromatic heterocycles. The molecule has 1 heterocycles. The Bertz CT molecular complexity index is 1260.